The van der Waals surface area contributed by atoms with Crippen LogP contribution < -0.4 is 0 Å². The molecule has 0 bridgehead atoms. The number of morpholine rings is 1. The van der Waals surface area contributed by atoms with Crippen molar-refractivity contribution >= 4 is 0 Å². The second-order valence-electron chi connectivity index (χ2n) is 5.42. The number of ether oxygens (including phenoxy) is 1. The Labute approximate surface area is 101 Å². The van der Waals surface area contributed by atoms with Crippen molar-refractivity contribution in [3.05, 3.63) is 0 Å². The van der Waals surface area contributed by atoms with Crippen molar-refractivity contribution in [2.45, 2.75) is 65.6 Å². The molecule has 1 rings (SSSR count). The summed E-state index contributed by atoms with van der Waals surface area (Å²) in [6, 6.07) is 0. The van der Waals surface area contributed by atoms with Gasteiger partial charge in [-0.05, 0) is 32.6 Å². The number of hydrogen-bond acceptors (Lipinski definition) is 2. The molecule has 0 spiro atoms. The van der Waals surface area contributed by atoms with Crippen LogP contribution >= 0.6 is 0 Å². The van der Waals surface area contributed by atoms with E-state index in [0.29, 0.717) is 12.2 Å². The molecule has 1 aliphatic heterocycles. The van der Waals surface area contributed by atoms with Crippen molar-refractivity contribution in [2.75, 3.05) is 19.6 Å². The largest absolute Gasteiger partial charge is 0.373 e. The van der Waals surface area contributed by atoms with Gasteiger partial charge in [-0.25, -0.2) is 0 Å². The molecule has 0 saturated carbocycles. The Kier molecular flexibility index (Phi) is 6.37. The van der Waals surface area contributed by atoms with Crippen LogP contribution in [0.25, 0.3) is 0 Å². The van der Waals surface area contributed by atoms with E-state index < -0.39 is 0 Å². The fourth-order valence-corrected chi connectivity index (χ4v) is 2.94. The Morgan fingerprint density at radius 2 is 1.56 bits per heavy atom. The molecule has 2 heteroatoms. The molecule has 0 N–H and O–H groups in total. The molecule has 2 nitrogen and oxygen atoms in total. The van der Waals surface area contributed by atoms with E-state index in [1.807, 2.05) is 0 Å². The van der Waals surface area contributed by atoms with Gasteiger partial charge in [0.15, 0.2) is 0 Å². The van der Waals surface area contributed by atoms with Crippen molar-refractivity contribution in [3.8, 4) is 0 Å². The van der Waals surface area contributed by atoms with E-state index in [4.69, 9.17) is 4.74 Å². The van der Waals surface area contributed by atoms with Crippen LogP contribution in [0.1, 0.15) is 53.4 Å². The highest BCUT2D eigenvalue weighted by molar-refractivity contribution is 4.75. The average Bonchev–Trinajstić information content (AvgIpc) is 2.16. The van der Waals surface area contributed by atoms with E-state index in [-0.39, 0.29) is 0 Å². The molecular weight excluding hydrogens is 198 g/mol. The van der Waals surface area contributed by atoms with Gasteiger partial charge in [0, 0.05) is 19.6 Å². The first-order valence-corrected chi connectivity index (χ1v) is 7.03. The van der Waals surface area contributed by atoms with Crippen molar-refractivity contribution < 1.29 is 4.74 Å². The number of hydrogen-bond donors (Lipinski definition) is 0. The Hall–Kier alpha value is -0.0800. The molecule has 0 aromatic rings. The molecule has 2 atom stereocenters. The van der Waals surface area contributed by atoms with Crippen LogP contribution in [0.5, 0.6) is 0 Å². The Balaban J connectivity index is 2.37. The molecule has 16 heavy (non-hydrogen) atoms. The fourth-order valence-electron chi connectivity index (χ4n) is 2.94. The van der Waals surface area contributed by atoms with E-state index in [1.54, 1.807) is 0 Å². The SMILES string of the molecule is CCCC(CCC)CN1C[C@@H](C)O[C@@H](C)C1. The smallest absolute Gasteiger partial charge is 0.0678 e. The van der Waals surface area contributed by atoms with Crippen LogP contribution in [-0.4, -0.2) is 36.7 Å². The van der Waals surface area contributed by atoms with Crippen molar-refractivity contribution in [1.29, 1.82) is 0 Å². The molecule has 0 amide bonds. The zero-order chi connectivity index (χ0) is 12.0. The lowest BCUT2D eigenvalue weighted by molar-refractivity contribution is -0.0719. The number of nitrogens with zero attached hydrogens (tertiary/aromatic N) is 1. The maximum atomic E-state index is 5.78. The highest BCUT2D eigenvalue weighted by Gasteiger charge is 2.23. The van der Waals surface area contributed by atoms with Gasteiger partial charge in [0.25, 0.3) is 0 Å². The summed E-state index contributed by atoms with van der Waals surface area (Å²) in [7, 11) is 0. The van der Waals surface area contributed by atoms with E-state index in [1.165, 1.54) is 32.2 Å². The molecule has 1 aliphatic rings. The summed E-state index contributed by atoms with van der Waals surface area (Å²) in [5.74, 6) is 0.896. The second kappa shape index (κ2) is 7.29. The fraction of sp³-hybridized carbons (Fsp3) is 1.00. The van der Waals surface area contributed by atoms with Gasteiger partial charge < -0.3 is 4.74 Å². The van der Waals surface area contributed by atoms with Gasteiger partial charge in [0.1, 0.15) is 0 Å². The minimum absolute atomic E-state index is 0.410. The quantitative estimate of drug-likeness (QED) is 0.690. The lowest BCUT2D eigenvalue weighted by Crippen LogP contribution is -2.47. The maximum absolute atomic E-state index is 5.78. The molecule has 0 aliphatic carbocycles. The van der Waals surface area contributed by atoms with E-state index >= 15 is 0 Å². The molecule has 1 heterocycles. The summed E-state index contributed by atoms with van der Waals surface area (Å²) in [4.78, 5) is 2.61. The molecule has 0 aromatic carbocycles. The first kappa shape index (κ1) is 14.0. The van der Waals surface area contributed by atoms with E-state index in [0.717, 1.165) is 19.0 Å². The van der Waals surface area contributed by atoms with Gasteiger partial charge in [-0.3, -0.25) is 4.90 Å². The van der Waals surface area contributed by atoms with Crippen molar-refractivity contribution in [3.63, 3.8) is 0 Å². The van der Waals surface area contributed by atoms with Gasteiger partial charge in [0.05, 0.1) is 12.2 Å². The molecule has 1 saturated heterocycles. The Morgan fingerprint density at radius 1 is 1.06 bits per heavy atom. The zero-order valence-electron chi connectivity index (χ0n) is 11.5. The highest BCUT2D eigenvalue weighted by Crippen LogP contribution is 2.18. The van der Waals surface area contributed by atoms with E-state index in [9.17, 15) is 0 Å². The van der Waals surface area contributed by atoms with Crippen molar-refractivity contribution in [2.24, 2.45) is 5.92 Å². The second-order valence-corrected chi connectivity index (χ2v) is 5.42. The summed E-state index contributed by atoms with van der Waals surface area (Å²) in [5.41, 5.74) is 0. The predicted octanol–water partition coefficient (Wildman–Crippen LogP) is 3.31. The lowest BCUT2D eigenvalue weighted by atomic mass is 9.97. The third-order valence-electron chi connectivity index (χ3n) is 3.41. The molecule has 96 valence electrons. The summed E-state index contributed by atoms with van der Waals surface area (Å²) in [6.45, 7) is 12.5. The average molecular weight is 227 g/mol. The van der Waals surface area contributed by atoms with Crippen LogP contribution in [0.15, 0.2) is 0 Å². The Bertz CT molecular complexity index is 168. The minimum atomic E-state index is 0.410. The molecule has 1 fully saturated rings. The third kappa shape index (κ3) is 4.84. The van der Waals surface area contributed by atoms with Gasteiger partial charge in [-0.2, -0.15) is 0 Å². The van der Waals surface area contributed by atoms with Crippen LogP contribution in [0.4, 0.5) is 0 Å². The maximum Gasteiger partial charge on any atom is 0.0678 e. The summed E-state index contributed by atoms with van der Waals surface area (Å²) < 4.78 is 5.78. The topological polar surface area (TPSA) is 12.5 Å². The normalized spacial score (nSPS) is 27.6. The standard InChI is InChI=1S/C14H29NO/c1-5-7-14(8-6-2)11-15-9-12(3)16-13(4)10-15/h12-14H,5-11H2,1-4H3/t12-,13+. The first-order valence-electron chi connectivity index (χ1n) is 7.03. The predicted molar refractivity (Wildman–Crippen MR) is 69.8 cm³/mol. The zero-order valence-corrected chi connectivity index (χ0v) is 11.5. The van der Waals surface area contributed by atoms with Crippen LogP contribution in [-0.2, 0) is 4.74 Å². The Morgan fingerprint density at radius 3 is 2.00 bits per heavy atom. The van der Waals surface area contributed by atoms with Gasteiger partial charge in [-0.1, -0.05) is 26.7 Å². The summed E-state index contributed by atoms with van der Waals surface area (Å²) >= 11 is 0. The molecule has 0 aromatic heterocycles. The van der Waals surface area contributed by atoms with Crippen LogP contribution in [0, 0.1) is 5.92 Å². The minimum Gasteiger partial charge on any atom is -0.373 e. The molecule has 0 radical (unpaired) electrons. The molecular formula is C14H29NO. The monoisotopic (exact) mass is 227 g/mol. The highest BCUT2D eigenvalue weighted by atomic mass is 16.5. The summed E-state index contributed by atoms with van der Waals surface area (Å²) in [5, 5.41) is 0. The summed E-state index contributed by atoms with van der Waals surface area (Å²) in [6.07, 6.45) is 6.22. The lowest BCUT2D eigenvalue weighted by Gasteiger charge is -2.37. The van der Waals surface area contributed by atoms with Crippen LogP contribution in [0.2, 0.25) is 0 Å². The van der Waals surface area contributed by atoms with E-state index in [2.05, 4.69) is 32.6 Å². The van der Waals surface area contributed by atoms with Gasteiger partial charge in [-0.15, -0.1) is 0 Å². The van der Waals surface area contributed by atoms with Gasteiger partial charge >= 0.3 is 0 Å². The third-order valence-corrected chi connectivity index (χ3v) is 3.41. The van der Waals surface area contributed by atoms with Crippen molar-refractivity contribution in [1.82, 2.24) is 4.90 Å². The van der Waals surface area contributed by atoms with Gasteiger partial charge in [0.2, 0.25) is 0 Å². The molecule has 0 unspecified atom stereocenters. The van der Waals surface area contributed by atoms with Crippen LogP contribution in [0.3, 0.4) is 0 Å². The first-order chi connectivity index (χ1) is 7.65. The number of rotatable bonds is 6.